The highest BCUT2D eigenvalue weighted by Crippen LogP contribution is 2.28. The number of rotatable bonds is 9. The van der Waals surface area contributed by atoms with E-state index in [-0.39, 0.29) is 4.90 Å². The zero-order valence-corrected chi connectivity index (χ0v) is 20.5. The normalized spacial score (nSPS) is 11.2. The Morgan fingerprint density at radius 1 is 1.09 bits per heavy atom. The van der Waals surface area contributed by atoms with Crippen molar-refractivity contribution in [1.82, 2.24) is 10.2 Å². The van der Waals surface area contributed by atoms with Crippen LogP contribution >= 0.6 is 23.1 Å². The minimum absolute atomic E-state index is 0.120. The van der Waals surface area contributed by atoms with Crippen molar-refractivity contribution in [3.05, 3.63) is 71.8 Å². The van der Waals surface area contributed by atoms with Crippen LogP contribution in [0.25, 0.3) is 0 Å². The number of sulfonamides is 1. The van der Waals surface area contributed by atoms with E-state index in [1.807, 2.05) is 26.8 Å². The molecule has 0 spiro atoms. The maximum atomic E-state index is 13.5. The van der Waals surface area contributed by atoms with Crippen molar-refractivity contribution in [3.63, 3.8) is 0 Å². The monoisotopic (exact) mass is 488 g/mol. The fourth-order valence-electron chi connectivity index (χ4n) is 2.99. The number of nitrogens with one attached hydrogen (secondary N) is 1. The Hall–Kier alpha value is -2.69. The average Bonchev–Trinajstić information content (AvgIpc) is 3.17. The van der Waals surface area contributed by atoms with Crippen molar-refractivity contribution in [2.45, 2.75) is 30.0 Å². The van der Waals surface area contributed by atoms with Crippen LogP contribution in [-0.2, 0) is 14.8 Å². The van der Waals surface area contributed by atoms with Crippen molar-refractivity contribution >= 4 is 49.8 Å². The Balaban J connectivity index is 1.90. The van der Waals surface area contributed by atoms with Gasteiger partial charge in [0.25, 0.3) is 10.0 Å². The number of benzene rings is 2. The Kier molecular flexibility index (Phi) is 7.70. The van der Waals surface area contributed by atoms with Gasteiger partial charge >= 0.3 is 0 Å². The fourth-order valence-corrected chi connectivity index (χ4v) is 5.92. The van der Waals surface area contributed by atoms with Crippen LogP contribution in [-0.4, -0.2) is 36.8 Å². The Labute approximate surface area is 196 Å². The molecule has 10 heteroatoms. The van der Waals surface area contributed by atoms with Crippen LogP contribution < -0.4 is 9.62 Å². The van der Waals surface area contributed by atoms with Gasteiger partial charge in [-0.05, 0) is 56.2 Å². The van der Waals surface area contributed by atoms with Gasteiger partial charge in [-0.3, -0.25) is 14.4 Å². The van der Waals surface area contributed by atoms with Gasteiger partial charge in [0, 0.05) is 5.75 Å². The number of aromatic nitrogens is 2. The second-order valence-electron chi connectivity index (χ2n) is 7.19. The molecule has 1 amide bonds. The molecule has 0 fully saturated rings. The van der Waals surface area contributed by atoms with Gasteiger partial charge in [-0.1, -0.05) is 52.9 Å². The Morgan fingerprint density at radius 2 is 1.75 bits per heavy atom. The van der Waals surface area contributed by atoms with Crippen LogP contribution in [0.4, 0.5) is 10.8 Å². The number of anilines is 2. The van der Waals surface area contributed by atoms with E-state index in [2.05, 4.69) is 22.1 Å². The molecule has 0 aliphatic carbocycles. The van der Waals surface area contributed by atoms with Crippen molar-refractivity contribution in [1.29, 1.82) is 0 Å². The highest BCUT2D eigenvalue weighted by molar-refractivity contribution is 8.01. The Morgan fingerprint density at radius 3 is 2.38 bits per heavy atom. The van der Waals surface area contributed by atoms with E-state index >= 15 is 0 Å². The summed E-state index contributed by atoms with van der Waals surface area (Å²) in [5, 5.41) is 10.9. The molecule has 1 heterocycles. The van der Waals surface area contributed by atoms with Crippen LogP contribution in [0.1, 0.15) is 16.7 Å². The molecule has 0 saturated carbocycles. The molecule has 0 saturated heterocycles. The molecular formula is C22H24N4O3S3. The number of carbonyl (C=O) groups is 1. The van der Waals surface area contributed by atoms with Crippen LogP contribution in [0.3, 0.4) is 0 Å². The quantitative estimate of drug-likeness (QED) is 0.269. The molecule has 32 heavy (non-hydrogen) atoms. The molecule has 0 unspecified atom stereocenters. The number of amides is 1. The van der Waals surface area contributed by atoms with Gasteiger partial charge in [0.05, 0.1) is 10.6 Å². The molecule has 168 valence electrons. The summed E-state index contributed by atoms with van der Waals surface area (Å²) in [5.41, 5.74) is 3.17. The first-order chi connectivity index (χ1) is 15.2. The van der Waals surface area contributed by atoms with Gasteiger partial charge in [0.15, 0.2) is 4.34 Å². The number of hydrogen-bond acceptors (Lipinski definition) is 7. The van der Waals surface area contributed by atoms with E-state index in [9.17, 15) is 13.2 Å². The van der Waals surface area contributed by atoms with Crippen molar-refractivity contribution < 1.29 is 13.2 Å². The van der Waals surface area contributed by atoms with E-state index in [4.69, 9.17) is 0 Å². The van der Waals surface area contributed by atoms with Gasteiger partial charge in [-0.2, -0.15) is 0 Å². The van der Waals surface area contributed by atoms with Gasteiger partial charge in [-0.25, -0.2) is 8.42 Å². The maximum Gasteiger partial charge on any atom is 0.264 e. The van der Waals surface area contributed by atoms with Crippen LogP contribution in [0.2, 0.25) is 0 Å². The third-order valence-electron chi connectivity index (χ3n) is 4.37. The van der Waals surface area contributed by atoms with Gasteiger partial charge < -0.3 is 0 Å². The minimum Gasteiger partial charge on any atom is -0.299 e. The minimum atomic E-state index is -3.97. The second kappa shape index (κ2) is 10.3. The summed E-state index contributed by atoms with van der Waals surface area (Å²) in [6.45, 7) is 8.92. The third kappa shape index (κ3) is 5.96. The molecule has 2 aromatic carbocycles. The zero-order valence-electron chi connectivity index (χ0n) is 18.0. The summed E-state index contributed by atoms with van der Waals surface area (Å²) < 4.78 is 28.8. The molecule has 0 radical (unpaired) electrons. The molecule has 3 aromatic rings. The van der Waals surface area contributed by atoms with Crippen LogP contribution in [0.15, 0.2) is 64.4 Å². The van der Waals surface area contributed by atoms with Crippen molar-refractivity contribution in [2.24, 2.45) is 0 Å². The Bertz CT molecular complexity index is 1200. The van der Waals surface area contributed by atoms with Crippen LogP contribution in [0.5, 0.6) is 0 Å². The SMILES string of the molecule is C=CCSc1nnc(NC(=O)CN(c2cc(C)cc(C)c2)S(=O)(=O)c2ccc(C)cc2)s1. The number of thioether (sulfide) groups is 1. The first-order valence-electron chi connectivity index (χ1n) is 9.74. The lowest BCUT2D eigenvalue weighted by Gasteiger charge is -2.24. The van der Waals surface area contributed by atoms with E-state index in [1.165, 1.54) is 23.1 Å². The lowest BCUT2D eigenvalue weighted by atomic mass is 10.1. The lowest BCUT2D eigenvalue weighted by molar-refractivity contribution is -0.114. The molecule has 0 bridgehead atoms. The lowest BCUT2D eigenvalue weighted by Crippen LogP contribution is -2.38. The summed E-state index contributed by atoms with van der Waals surface area (Å²) >= 11 is 2.68. The van der Waals surface area contributed by atoms with E-state index in [0.717, 1.165) is 21.0 Å². The molecule has 1 N–H and O–H groups in total. The van der Waals surface area contributed by atoms with Crippen molar-refractivity contribution in [3.8, 4) is 0 Å². The average molecular weight is 489 g/mol. The van der Waals surface area contributed by atoms with Gasteiger partial charge in [0.1, 0.15) is 6.54 Å². The van der Waals surface area contributed by atoms with E-state index < -0.39 is 22.5 Å². The summed E-state index contributed by atoms with van der Waals surface area (Å²) in [7, 11) is -3.97. The second-order valence-corrected chi connectivity index (χ2v) is 11.3. The highest BCUT2D eigenvalue weighted by Gasteiger charge is 2.28. The first kappa shape index (κ1) is 24.0. The topological polar surface area (TPSA) is 92.3 Å². The summed E-state index contributed by atoms with van der Waals surface area (Å²) in [5.74, 6) is 0.175. The fraction of sp³-hybridized carbons (Fsp3) is 0.227. The molecule has 1 aromatic heterocycles. The van der Waals surface area contributed by atoms with Crippen LogP contribution in [0, 0.1) is 20.8 Å². The number of nitrogens with zero attached hydrogens (tertiary/aromatic N) is 3. The van der Waals surface area contributed by atoms with E-state index in [1.54, 1.807) is 42.5 Å². The third-order valence-corrected chi connectivity index (χ3v) is 8.12. The number of hydrogen-bond donors (Lipinski definition) is 1. The summed E-state index contributed by atoms with van der Waals surface area (Å²) in [6, 6.07) is 12.0. The maximum absolute atomic E-state index is 13.5. The largest absolute Gasteiger partial charge is 0.299 e. The molecule has 0 aliphatic heterocycles. The molecule has 3 rings (SSSR count). The molecular weight excluding hydrogens is 464 g/mol. The molecule has 0 atom stereocenters. The number of aryl methyl sites for hydroxylation is 3. The van der Waals surface area contributed by atoms with Gasteiger partial charge in [-0.15, -0.1) is 16.8 Å². The van der Waals surface area contributed by atoms with E-state index in [0.29, 0.717) is 20.9 Å². The molecule has 7 nitrogen and oxygen atoms in total. The number of carbonyl (C=O) groups excluding carboxylic acids is 1. The predicted molar refractivity (Wildman–Crippen MR) is 131 cm³/mol. The molecule has 0 aliphatic rings. The smallest absolute Gasteiger partial charge is 0.264 e. The van der Waals surface area contributed by atoms with Gasteiger partial charge in [0.2, 0.25) is 11.0 Å². The predicted octanol–water partition coefficient (Wildman–Crippen LogP) is 4.58. The highest BCUT2D eigenvalue weighted by atomic mass is 32.2. The van der Waals surface area contributed by atoms with Crippen molar-refractivity contribution in [2.75, 3.05) is 21.9 Å². The summed E-state index contributed by atoms with van der Waals surface area (Å²) in [4.78, 5) is 12.9. The summed E-state index contributed by atoms with van der Waals surface area (Å²) in [6.07, 6.45) is 1.75. The zero-order chi connectivity index (χ0) is 23.3. The standard InChI is InChI=1S/C22H24N4O3S3/c1-5-10-30-22-25-24-21(31-22)23-20(27)14-26(18-12-16(3)11-17(4)13-18)32(28,29)19-8-6-15(2)7-9-19/h5-9,11-13H,1,10,14H2,2-4H3,(H,23,24,27). The first-order valence-corrected chi connectivity index (χ1v) is 13.0.